The largest absolute Gasteiger partial charge is 0.363 e. The molecule has 0 aromatic heterocycles. The molecule has 1 saturated heterocycles. The molecule has 2 aliphatic rings. The van der Waals surface area contributed by atoms with Gasteiger partial charge in [0.15, 0.2) is 0 Å². The Morgan fingerprint density at radius 3 is 2.16 bits per heavy atom. The van der Waals surface area contributed by atoms with E-state index in [4.69, 9.17) is 5.73 Å². The van der Waals surface area contributed by atoms with Crippen molar-refractivity contribution in [1.29, 1.82) is 0 Å². The third kappa shape index (κ3) is 6.17. The Balaban J connectivity index is 2.27. The zero-order chi connectivity index (χ0) is 24.2. The van der Waals surface area contributed by atoms with Gasteiger partial charge in [0.05, 0.1) is 6.04 Å². The number of amides is 4. The number of nitrogens with two attached hydrogens (primary N) is 1. The minimum absolute atomic E-state index is 0.109. The second-order valence-corrected chi connectivity index (χ2v) is 9.58. The van der Waals surface area contributed by atoms with Crippen molar-refractivity contribution in [3.8, 4) is 0 Å². The van der Waals surface area contributed by atoms with Crippen molar-refractivity contribution in [3.05, 3.63) is 12.7 Å². The topological polar surface area (TPSA) is 139 Å². The maximum Gasteiger partial charge on any atom is 0.287 e. The fourth-order valence-corrected chi connectivity index (χ4v) is 4.35. The molecule has 0 aromatic rings. The van der Waals surface area contributed by atoms with Crippen molar-refractivity contribution in [2.45, 2.75) is 71.5 Å². The van der Waals surface area contributed by atoms with Gasteiger partial charge in [0.2, 0.25) is 23.5 Å². The highest BCUT2D eigenvalue weighted by Gasteiger charge is 2.46. The lowest BCUT2D eigenvalue weighted by molar-refractivity contribution is -0.144. The van der Waals surface area contributed by atoms with Crippen LogP contribution in [0.2, 0.25) is 0 Å². The normalized spacial score (nSPS) is 22.4. The molecule has 4 amide bonds. The number of Topliss-reactive ketones (excluding diaryl/α,β-unsaturated/α-hetero) is 1. The van der Waals surface area contributed by atoms with Gasteiger partial charge in [0.25, 0.3) is 5.91 Å². The molecule has 1 aliphatic heterocycles. The van der Waals surface area contributed by atoms with Gasteiger partial charge in [-0.2, -0.15) is 0 Å². The van der Waals surface area contributed by atoms with E-state index in [1.165, 1.54) is 4.90 Å². The summed E-state index contributed by atoms with van der Waals surface area (Å²) in [5, 5.41) is 5.37. The van der Waals surface area contributed by atoms with Crippen LogP contribution in [-0.4, -0.2) is 59.0 Å². The lowest BCUT2D eigenvalue weighted by Gasteiger charge is -2.33. The predicted octanol–water partition coefficient (Wildman–Crippen LogP) is 0.526. The Hall–Kier alpha value is -2.71. The first-order valence-corrected chi connectivity index (χ1v) is 11.3. The van der Waals surface area contributed by atoms with Crippen LogP contribution in [0.5, 0.6) is 0 Å². The van der Waals surface area contributed by atoms with Gasteiger partial charge in [-0.15, -0.1) is 0 Å². The van der Waals surface area contributed by atoms with Gasteiger partial charge in [-0.1, -0.05) is 47.1 Å². The fourth-order valence-electron chi connectivity index (χ4n) is 4.35. The summed E-state index contributed by atoms with van der Waals surface area (Å²) in [6.45, 7) is 11.4. The van der Waals surface area contributed by atoms with E-state index in [1.807, 2.05) is 27.7 Å². The van der Waals surface area contributed by atoms with Gasteiger partial charge in [-0.05, 0) is 42.6 Å². The summed E-state index contributed by atoms with van der Waals surface area (Å²) in [4.78, 5) is 63.9. The van der Waals surface area contributed by atoms with Crippen LogP contribution in [0.4, 0.5) is 0 Å². The summed E-state index contributed by atoms with van der Waals surface area (Å²) in [5.41, 5.74) is 5.19. The third-order valence-corrected chi connectivity index (χ3v) is 6.41. The number of primary amides is 1. The molecule has 1 unspecified atom stereocenters. The van der Waals surface area contributed by atoms with E-state index in [2.05, 4.69) is 17.2 Å². The van der Waals surface area contributed by atoms with E-state index in [-0.39, 0.29) is 29.6 Å². The highest BCUT2D eigenvalue weighted by Crippen LogP contribution is 2.35. The van der Waals surface area contributed by atoms with Crippen LogP contribution in [0.1, 0.15) is 53.4 Å². The van der Waals surface area contributed by atoms with Crippen LogP contribution in [0.15, 0.2) is 12.7 Å². The molecule has 0 aromatic carbocycles. The van der Waals surface area contributed by atoms with Crippen LogP contribution in [-0.2, 0) is 24.0 Å². The molecule has 2 rings (SSSR count). The van der Waals surface area contributed by atoms with Crippen LogP contribution in [0.3, 0.4) is 0 Å². The SMILES string of the molecule is C=CC(=O)N[C@H](C(=O)N1CC[C@H](C(C)C)[C@H]1C(=O)NC(CC1CC1)C(=O)C(N)=O)C(C)C. The van der Waals surface area contributed by atoms with Gasteiger partial charge >= 0.3 is 0 Å². The van der Waals surface area contributed by atoms with E-state index < -0.39 is 41.6 Å². The van der Waals surface area contributed by atoms with Crippen molar-refractivity contribution in [3.63, 3.8) is 0 Å². The van der Waals surface area contributed by atoms with E-state index in [0.717, 1.165) is 18.9 Å². The molecule has 0 spiro atoms. The molecule has 0 bridgehead atoms. The molecular weight excluding hydrogens is 412 g/mol. The van der Waals surface area contributed by atoms with Gasteiger partial charge in [0.1, 0.15) is 12.1 Å². The second kappa shape index (κ2) is 10.7. The number of hydrogen-bond donors (Lipinski definition) is 3. The Bertz CT molecular complexity index is 774. The molecule has 1 saturated carbocycles. The average molecular weight is 449 g/mol. The molecular formula is C23H36N4O5. The Morgan fingerprint density at radius 2 is 1.69 bits per heavy atom. The number of hydrogen-bond acceptors (Lipinski definition) is 5. The number of ketones is 1. The monoisotopic (exact) mass is 448 g/mol. The van der Waals surface area contributed by atoms with E-state index in [0.29, 0.717) is 19.4 Å². The quantitative estimate of drug-likeness (QED) is 0.312. The fraction of sp³-hybridized carbons (Fsp3) is 0.696. The van der Waals surface area contributed by atoms with Gasteiger partial charge in [-0.3, -0.25) is 24.0 Å². The first kappa shape index (κ1) is 25.5. The summed E-state index contributed by atoms with van der Waals surface area (Å²) in [6, 6.07) is -2.60. The van der Waals surface area contributed by atoms with E-state index in [1.54, 1.807) is 0 Å². The smallest absolute Gasteiger partial charge is 0.287 e. The molecule has 1 heterocycles. The third-order valence-electron chi connectivity index (χ3n) is 6.41. The summed E-state index contributed by atoms with van der Waals surface area (Å²) in [7, 11) is 0. The molecule has 4 atom stereocenters. The van der Waals surface area contributed by atoms with Crippen molar-refractivity contribution >= 4 is 29.4 Å². The lowest BCUT2D eigenvalue weighted by atomic mass is 9.87. The minimum Gasteiger partial charge on any atom is -0.363 e. The zero-order valence-corrected chi connectivity index (χ0v) is 19.4. The number of likely N-dealkylation sites (tertiary alicyclic amines) is 1. The maximum atomic E-state index is 13.4. The minimum atomic E-state index is -1.08. The van der Waals surface area contributed by atoms with Gasteiger partial charge in [-0.25, -0.2) is 0 Å². The zero-order valence-electron chi connectivity index (χ0n) is 19.4. The molecule has 9 heteroatoms. The van der Waals surface area contributed by atoms with Crippen LogP contribution < -0.4 is 16.4 Å². The van der Waals surface area contributed by atoms with Crippen molar-refractivity contribution < 1.29 is 24.0 Å². The molecule has 4 N–H and O–H groups in total. The van der Waals surface area contributed by atoms with Crippen molar-refractivity contribution in [2.75, 3.05) is 6.54 Å². The summed E-state index contributed by atoms with van der Waals surface area (Å²) in [5.74, 6) is -3.11. The molecule has 178 valence electrons. The Labute approximate surface area is 189 Å². The highest BCUT2D eigenvalue weighted by atomic mass is 16.2. The number of nitrogens with one attached hydrogen (secondary N) is 2. The van der Waals surface area contributed by atoms with Crippen molar-refractivity contribution in [2.24, 2.45) is 29.4 Å². The van der Waals surface area contributed by atoms with Crippen LogP contribution in [0, 0.1) is 23.7 Å². The number of carbonyl (C=O) groups excluding carboxylic acids is 5. The molecule has 9 nitrogen and oxygen atoms in total. The molecule has 2 fully saturated rings. The standard InChI is InChI=1S/C23H36N4O5/c1-6-17(28)26-18(13(4)5)23(32)27-10-9-15(12(2)3)19(27)22(31)25-16(11-14-7-8-14)20(29)21(24)30/h6,12-16,18-19H,1,7-11H2,2-5H3,(H2,24,30)(H,25,31)(H,26,28)/t15-,16?,18+,19+/m1/s1. The lowest BCUT2D eigenvalue weighted by Crippen LogP contribution is -2.58. The summed E-state index contributed by atoms with van der Waals surface area (Å²) >= 11 is 0. The summed E-state index contributed by atoms with van der Waals surface area (Å²) < 4.78 is 0. The van der Waals surface area contributed by atoms with Gasteiger partial charge in [0, 0.05) is 6.54 Å². The summed E-state index contributed by atoms with van der Waals surface area (Å²) in [6.07, 6.45) is 3.98. The Morgan fingerprint density at radius 1 is 1.06 bits per heavy atom. The molecule has 32 heavy (non-hydrogen) atoms. The first-order valence-electron chi connectivity index (χ1n) is 11.3. The number of rotatable bonds is 11. The second-order valence-electron chi connectivity index (χ2n) is 9.58. The van der Waals surface area contributed by atoms with E-state index in [9.17, 15) is 24.0 Å². The van der Waals surface area contributed by atoms with Crippen LogP contribution >= 0.6 is 0 Å². The average Bonchev–Trinajstić information content (AvgIpc) is 3.42. The first-order chi connectivity index (χ1) is 15.0. The highest BCUT2D eigenvalue weighted by molar-refractivity contribution is 6.37. The van der Waals surface area contributed by atoms with E-state index >= 15 is 0 Å². The molecule has 0 radical (unpaired) electrons. The van der Waals surface area contributed by atoms with Gasteiger partial charge < -0.3 is 21.3 Å². The van der Waals surface area contributed by atoms with Crippen LogP contribution in [0.25, 0.3) is 0 Å². The predicted molar refractivity (Wildman–Crippen MR) is 119 cm³/mol. The number of carbonyl (C=O) groups is 5. The molecule has 1 aliphatic carbocycles. The maximum absolute atomic E-state index is 13.4. The Kier molecular flexibility index (Phi) is 8.58. The number of nitrogens with zero attached hydrogens (tertiary/aromatic N) is 1. The van der Waals surface area contributed by atoms with Crippen molar-refractivity contribution in [1.82, 2.24) is 15.5 Å².